The van der Waals surface area contributed by atoms with Gasteiger partial charge in [-0.3, -0.25) is 0 Å². The third-order valence-corrected chi connectivity index (χ3v) is 20.8. The summed E-state index contributed by atoms with van der Waals surface area (Å²) in [7, 11) is 0. The second-order valence-corrected chi connectivity index (χ2v) is 28.9. The largest absolute Gasteiger partial charge is 0.504 e. The van der Waals surface area contributed by atoms with Crippen LogP contribution in [0.5, 0.6) is 184 Å². The zero-order valence-electron chi connectivity index (χ0n) is 65.6. The molecule has 6 heterocycles. The Morgan fingerprint density at radius 2 is 0.604 bits per heavy atom. The molecule has 28 N–H and O–H groups in total. The van der Waals surface area contributed by atoms with Crippen molar-refractivity contribution >= 4 is 59.7 Å². The van der Waals surface area contributed by atoms with Crippen LogP contribution in [0.4, 0.5) is 0 Å². The third kappa shape index (κ3) is 15.3. The first kappa shape index (κ1) is 89.6. The smallest absolute Gasteiger partial charge is 0.344 e. The average Bonchev–Trinajstić information content (AvgIpc) is 1.46. The second kappa shape index (κ2) is 33.2. The molecular formula is C82H56O52. The van der Waals surface area contributed by atoms with Crippen LogP contribution in [0.2, 0.25) is 0 Å². The standard InChI is InChI=1S/C82H56O52/c83-28-2-1-20-62(54(28)103)123-39-14-26(47(96)60(109)55(39)104)79(119)131-69-67(129-71(111)17-3-29(84)48(97)30(85)4-17)66-40(15-121-74(114)23-11-34(89)51(100)57(106)43(23)44-24(78(118)128-66)12-35(90)52(101)58(44)107)124-81(69)133-73(113)19-7-37(92)64(38(93)8-19)126-63-27(13-36(91)53(102)61(63)110)80(120)132-70-68(130-72(112)18-5-31(86)49(98)32(87)6-18)65-41(125-82(70)134-76(20)116)16-122-75(115)25-9-21(45(94)59(108)46(25)95)42-22(77(117)127-65)10-33(88)50(99)56(42)105/h1-14,40-41,65-70,81-110H,15-16H2/t40-,41-,65+,66-,67+,68+,69+,70+,81+,82-/m1/s1. The lowest BCUT2D eigenvalue weighted by molar-refractivity contribution is -0.283. The maximum atomic E-state index is 15.6. The number of hydrogen-bond donors (Lipinski definition) is 28. The summed E-state index contributed by atoms with van der Waals surface area (Å²) in [4.78, 5) is 150. The van der Waals surface area contributed by atoms with Crippen LogP contribution in [0.15, 0.2) is 84.9 Å². The van der Waals surface area contributed by atoms with Gasteiger partial charge in [-0.2, -0.15) is 0 Å². The molecule has 0 radical (unpaired) electrons. The number of benzene rings is 10. The monoisotopic (exact) mass is 1870 g/mol. The minimum atomic E-state index is -3.20. The van der Waals surface area contributed by atoms with Crippen molar-refractivity contribution < 1.29 is 257 Å². The Bertz CT molecular complexity index is 6760. The van der Waals surface area contributed by atoms with Crippen LogP contribution < -0.4 is 9.47 Å². The van der Waals surface area contributed by atoms with Gasteiger partial charge in [0, 0.05) is 34.4 Å². The first-order valence-electron chi connectivity index (χ1n) is 37.1. The van der Waals surface area contributed by atoms with Gasteiger partial charge < -0.3 is 209 Å². The van der Waals surface area contributed by atoms with Gasteiger partial charge in [-0.1, -0.05) is 0 Å². The Hall–Kier alpha value is -19.2. The van der Waals surface area contributed by atoms with Gasteiger partial charge in [0.05, 0.1) is 33.4 Å². The summed E-state index contributed by atoms with van der Waals surface area (Å²) in [5, 5.41) is 312. The van der Waals surface area contributed by atoms with Crippen molar-refractivity contribution in [3.63, 3.8) is 0 Å². The molecule has 2 fully saturated rings. The van der Waals surface area contributed by atoms with E-state index >= 15 is 28.8 Å². The molecule has 0 saturated carbocycles. The van der Waals surface area contributed by atoms with E-state index in [1.54, 1.807) is 0 Å². The number of carbonyl (C=O) groups excluding carboxylic acids is 10. The molecule has 10 aromatic rings. The SMILES string of the molecule is O=C1O[C@@H]2O[C@@H]3COC(=O)c4cc(O)c(O)c(O)c4-c4c(cc(O)c(O)c4O)C(=O)O[C@H]3[C@H](OC(=O)c3cc(O)c(O)c(O)c3)[C@@H]2OC(=O)c2cc(c(O)c(O)c2O)Oc2c(ccc(O)c2O)C(=O)O[C@H]2O[C@@H]3COC(=O)c4cc(c(O)c(O)c4O)-c4c(cc(O)c(O)c4O)C(=O)O[C@@H]3[C@H](OC(=O)c3cc(O)c(O)c(O)c3)[C@@H]2OC(=O)c2cc(O)c(O)c(O)c2Oc2c(O)cc1cc2O. The number of aromatic hydroxyl groups is 28. The molecule has 0 aliphatic carbocycles. The van der Waals surface area contributed by atoms with Crippen LogP contribution in [0.3, 0.4) is 0 Å². The summed E-state index contributed by atoms with van der Waals surface area (Å²) in [5.74, 6) is -71.0. The quantitative estimate of drug-likeness (QED) is 0.0669. The Labute approximate surface area is 735 Å². The Morgan fingerprint density at radius 3 is 1.07 bits per heavy atom. The summed E-state index contributed by atoms with van der Waals surface area (Å²) in [6, 6.07) is 4.07. The summed E-state index contributed by atoms with van der Waals surface area (Å²) >= 11 is 0. The van der Waals surface area contributed by atoms with Crippen LogP contribution in [0, 0.1) is 0 Å². The fourth-order valence-corrected chi connectivity index (χ4v) is 14.2. The minimum Gasteiger partial charge on any atom is -0.504 e. The lowest BCUT2D eigenvalue weighted by atomic mass is 9.92. The van der Waals surface area contributed by atoms with E-state index < -0.39 is 396 Å². The van der Waals surface area contributed by atoms with Gasteiger partial charge in [-0.05, 0) is 72.8 Å². The number of carbonyl (C=O) groups is 10. The van der Waals surface area contributed by atoms with Gasteiger partial charge in [-0.25, -0.2) is 47.9 Å². The molecule has 2 saturated heterocycles. The summed E-state index contributed by atoms with van der Waals surface area (Å²) in [5.41, 5.74) is -18.2. The number of cyclic esters (lactones) is 2. The minimum absolute atomic E-state index is 0.0780. The molecule has 0 spiro atoms. The van der Waals surface area contributed by atoms with E-state index in [0.717, 1.165) is 0 Å². The van der Waals surface area contributed by atoms with Crippen molar-refractivity contribution in [2.24, 2.45) is 0 Å². The van der Waals surface area contributed by atoms with Crippen molar-refractivity contribution in [3.8, 4) is 206 Å². The molecule has 696 valence electrons. The van der Waals surface area contributed by atoms with Gasteiger partial charge in [0.2, 0.25) is 82.3 Å². The first-order valence-corrected chi connectivity index (χ1v) is 37.1. The van der Waals surface area contributed by atoms with Crippen molar-refractivity contribution in [2.45, 2.75) is 61.4 Å². The molecule has 134 heavy (non-hydrogen) atoms. The van der Waals surface area contributed by atoms with E-state index in [-0.39, 0.29) is 36.4 Å². The zero-order valence-corrected chi connectivity index (χ0v) is 65.6. The topological polar surface area (TPSA) is 866 Å². The molecule has 16 rings (SSSR count). The van der Waals surface area contributed by atoms with E-state index in [1.807, 2.05) is 0 Å². The van der Waals surface area contributed by atoms with E-state index in [2.05, 4.69) is 0 Å². The van der Waals surface area contributed by atoms with Crippen LogP contribution in [-0.4, -0.2) is 277 Å². The van der Waals surface area contributed by atoms with Crippen molar-refractivity contribution in [1.82, 2.24) is 0 Å². The molecule has 52 nitrogen and oxygen atoms in total. The Kier molecular flexibility index (Phi) is 22.2. The number of rotatable bonds is 4. The zero-order chi connectivity index (χ0) is 97.3. The number of phenols is 28. The van der Waals surface area contributed by atoms with Gasteiger partial charge in [0.25, 0.3) is 0 Å². The molecule has 6 bridgehead atoms. The normalized spacial score (nSPS) is 20.1. The fraction of sp³-hybridized carbons (Fsp3) is 0.146. The maximum Gasteiger partial charge on any atom is 0.344 e. The van der Waals surface area contributed by atoms with Gasteiger partial charge in [0.1, 0.15) is 47.7 Å². The maximum absolute atomic E-state index is 15.6. The highest BCUT2D eigenvalue weighted by Crippen LogP contribution is 2.58. The molecular weight excluding hydrogens is 1820 g/mol. The highest BCUT2D eigenvalue weighted by Gasteiger charge is 2.59. The van der Waals surface area contributed by atoms with Gasteiger partial charge in [-0.15, -0.1) is 0 Å². The summed E-state index contributed by atoms with van der Waals surface area (Å²) in [6.45, 7) is -3.22. The molecule has 6 aliphatic heterocycles. The summed E-state index contributed by atoms with van der Waals surface area (Å²) in [6.07, 6.45) is -29.7. The van der Waals surface area contributed by atoms with E-state index in [4.69, 9.17) is 66.3 Å². The third-order valence-electron chi connectivity index (χ3n) is 20.8. The molecule has 0 amide bonds. The van der Waals surface area contributed by atoms with Crippen LogP contribution in [0.25, 0.3) is 22.3 Å². The lowest BCUT2D eigenvalue weighted by Crippen LogP contribution is -2.63. The predicted octanol–water partition coefficient (Wildman–Crippen LogP) is 4.13. The molecule has 10 aromatic carbocycles. The van der Waals surface area contributed by atoms with Crippen molar-refractivity contribution in [3.05, 3.63) is 141 Å². The first-order chi connectivity index (χ1) is 63.2. The summed E-state index contributed by atoms with van der Waals surface area (Å²) < 4.78 is 80.4. The van der Waals surface area contributed by atoms with Crippen LogP contribution in [-0.2, 0) is 56.8 Å². The van der Waals surface area contributed by atoms with E-state index in [0.29, 0.717) is 48.5 Å². The van der Waals surface area contributed by atoms with Gasteiger partial charge >= 0.3 is 59.7 Å². The van der Waals surface area contributed by atoms with E-state index in [1.165, 1.54) is 0 Å². The average molecular weight is 1870 g/mol. The Morgan fingerprint density at radius 1 is 0.254 bits per heavy atom. The predicted molar refractivity (Wildman–Crippen MR) is 413 cm³/mol. The number of fused-ring (bicyclic) bond motifs is 15. The van der Waals surface area contributed by atoms with E-state index in [9.17, 15) is 162 Å². The van der Waals surface area contributed by atoms with Crippen LogP contribution in [0.1, 0.15) is 104 Å². The number of esters is 10. The molecule has 52 heteroatoms. The Balaban J connectivity index is 0.928. The lowest BCUT2D eigenvalue weighted by Gasteiger charge is -2.44. The number of phenolic OH excluding ortho intramolecular Hbond substituents is 28. The molecule has 0 unspecified atom stereocenters. The number of hydrogen-bond acceptors (Lipinski definition) is 52. The van der Waals surface area contributed by atoms with Crippen molar-refractivity contribution in [1.29, 1.82) is 0 Å². The highest BCUT2D eigenvalue weighted by atomic mass is 16.8. The van der Waals surface area contributed by atoms with Crippen molar-refractivity contribution in [2.75, 3.05) is 13.2 Å². The molecule has 10 atom stereocenters. The molecule has 6 aliphatic rings. The molecule has 0 aromatic heterocycles. The fourth-order valence-electron chi connectivity index (χ4n) is 14.2. The second-order valence-electron chi connectivity index (χ2n) is 28.9. The van der Waals surface area contributed by atoms with Gasteiger partial charge in [0.15, 0.2) is 151 Å². The number of ether oxygens (including phenoxy) is 14. The highest BCUT2D eigenvalue weighted by molar-refractivity contribution is 6.10. The van der Waals surface area contributed by atoms with Crippen LogP contribution >= 0.6 is 0 Å².